The van der Waals surface area contributed by atoms with Crippen LogP contribution in [0.25, 0.3) is 0 Å². The highest BCUT2D eigenvalue weighted by molar-refractivity contribution is 9.12. The molecule has 4 atom stereocenters. The van der Waals surface area contributed by atoms with Crippen molar-refractivity contribution in [1.82, 2.24) is 5.06 Å². The lowest BCUT2D eigenvalue weighted by atomic mass is 9.59. The van der Waals surface area contributed by atoms with Gasteiger partial charge in [-0.1, -0.05) is 48.0 Å². The molecule has 2 N–H and O–H groups in total. The summed E-state index contributed by atoms with van der Waals surface area (Å²) in [6.45, 7) is 0.300. The van der Waals surface area contributed by atoms with Gasteiger partial charge in [0.25, 0.3) is 11.8 Å². The molecule has 1 aliphatic heterocycles. The molecule has 1 fully saturated rings. The van der Waals surface area contributed by atoms with Gasteiger partial charge in [-0.05, 0) is 46.3 Å². The number of ether oxygens (including phenoxy) is 1. The van der Waals surface area contributed by atoms with Crippen LogP contribution in [0.2, 0.25) is 0 Å². The number of ketones is 2. The predicted molar refractivity (Wildman–Crippen MR) is 137 cm³/mol. The molecule has 2 aromatic carbocycles. The van der Waals surface area contributed by atoms with Gasteiger partial charge in [0.15, 0.2) is 11.6 Å². The van der Waals surface area contributed by atoms with E-state index in [0.29, 0.717) is 23.5 Å². The van der Waals surface area contributed by atoms with Gasteiger partial charge in [-0.15, -0.1) is 0 Å². The van der Waals surface area contributed by atoms with Crippen LogP contribution in [0.5, 0.6) is 11.5 Å². The van der Waals surface area contributed by atoms with Crippen LogP contribution >= 0.6 is 15.9 Å². The van der Waals surface area contributed by atoms with E-state index in [1.165, 1.54) is 12.1 Å². The molecule has 0 radical (unpaired) electrons. The Morgan fingerprint density at radius 1 is 1.00 bits per heavy atom. The molecule has 3 aliphatic carbocycles. The van der Waals surface area contributed by atoms with E-state index in [2.05, 4.69) is 15.9 Å². The molecular formula is C29H22BrNO7. The highest BCUT2D eigenvalue weighted by Gasteiger charge is 2.56. The van der Waals surface area contributed by atoms with Crippen molar-refractivity contribution in [2.75, 3.05) is 0 Å². The molecule has 192 valence electrons. The average molecular weight is 576 g/mol. The number of benzene rings is 2. The summed E-state index contributed by atoms with van der Waals surface area (Å²) in [5, 5.41) is 21.4. The number of Topliss-reactive ketones (excluding diaryl/α,β-unsaturated/α-hetero) is 1. The van der Waals surface area contributed by atoms with Gasteiger partial charge < -0.3 is 9.84 Å². The molecule has 4 aliphatic rings. The fourth-order valence-electron chi connectivity index (χ4n) is 6.14. The van der Waals surface area contributed by atoms with Gasteiger partial charge in [0.05, 0.1) is 16.3 Å². The van der Waals surface area contributed by atoms with Crippen molar-refractivity contribution in [3.8, 4) is 11.5 Å². The van der Waals surface area contributed by atoms with Crippen molar-refractivity contribution in [1.29, 1.82) is 0 Å². The number of carbonyl (C=O) groups excluding carboxylic acids is 4. The second-order valence-electron chi connectivity index (χ2n) is 9.88. The van der Waals surface area contributed by atoms with Gasteiger partial charge in [-0.2, -0.15) is 5.06 Å². The number of carbonyl (C=O) groups is 4. The Kier molecular flexibility index (Phi) is 5.92. The molecular weight excluding hydrogens is 554 g/mol. The monoisotopic (exact) mass is 575 g/mol. The van der Waals surface area contributed by atoms with Crippen molar-refractivity contribution < 1.29 is 34.2 Å². The van der Waals surface area contributed by atoms with E-state index < -0.39 is 35.5 Å². The third kappa shape index (κ3) is 3.76. The van der Waals surface area contributed by atoms with Gasteiger partial charge >= 0.3 is 0 Å². The van der Waals surface area contributed by atoms with Crippen LogP contribution in [-0.2, 0) is 25.8 Å². The molecule has 9 heteroatoms. The number of imide groups is 1. The minimum absolute atomic E-state index is 0.0816. The third-order valence-corrected chi connectivity index (χ3v) is 8.46. The lowest BCUT2D eigenvalue weighted by Crippen LogP contribution is -2.39. The Bertz CT molecular complexity index is 1510. The summed E-state index contributed by atoms with van der Waals surface area (Å²) in [7, 11) is 0. The van der Waals surface area contributed by atoms with Gasteiger partial charge in [0.2, 0.25) is 0 Å². The van der Waals surface area contributed by atoms with Gasteiger partial charge in [-0.25, -0.2) is 0 Å². The lowest BCUT2D eigenvalue weighted by Gasteiger charge is -2.42. The van der Waals surface area contributed by atoms with E-state index in [-0.39, 0.29) is 50.8 Å². The lowest BCUT2D eigenvalue weighted by molar-refractivity contribution is -0.173. The minimum atomic E-state index is -0.854. The number of hydrogen-bond acceptors (Lipinski definition) is 7. The number of fused-ring (bicyclic) bond motifs is 3. The number of allylic oxidation sites excluding steroid dienone is 6. The highest BCUT2D eigenvalue weighted by atomic mass is 79.9. The van der Waals surface area contributed by atoms with Crippen LogP contribution in [0.3, 0.4) is 0 Å². The maximum Gasteiger partial charge on any atom is 0.257 e. The summed E-state index contributed by atoms with van der Waals surface area (Å²) < 4.78 is 5.95. The first-order valence-corrected chi connectivity index (χ1v) is 13.0. The smallest absolute Gasteiger partial charge is 0.257 e. The van der Waals surface area contributed by atoms with E-state index in [1.54, 1.807) is 12.1 Å². The number of hydroxylamine groups is 2. The average Bonchev–Trinajstić information content (AvgIpc) is 3.14. The van der Waals surface area contributed by atoms with Gasteiger partial charge in [0.1, 0.15) is 18.1 Å². The summed E-state index contributed by atoms with van der Waals surface area (Å²) in [6, 6.07) is 14.4. The van der Waals surface area contributed by atoms with Crippen molar-refractivity contribution in [3.05, 3.63) is 93.0 Å². The Balaban J connectivity index is 1.42. The van der Waals surface area contributed by atoms with E-state index in [4.69, 9.17) is 4.74 Å². The molecule has 2 aromatic rings. The van der Waals surface area contributed by atoms with E-state index in [9.17, 15) is 29.5 Å². The number of nitrogens with zero attached hydrogens (tertiary/aromatic N) is 1. The summed E-state index contributed by atoms with van der Waals surface area (Å²) in [5.74, 6) is -4.78. The first-order valence-electron chi connectivity index (χ1n) is 12.2. The maximum absolute atomic E-state index is 13.3. The topological polar surface area (TPSA) is 121 Å². The number of rotatable bonds is 4. The zero-order valence-corrected chi connectivity index (χ0v) is 21.6. The zero-order chi connectivity index (χ0) is 26.7. The molecule has 2 amide bonds. The van der Waals surface area contributed by atoms with Crippen LogP contribution in [-0.4, -0.2) is 38.8 Å². The molecule has 6 rings (SSSR count). The number of phenols is 1. The molecule has 0 aromatic heterocycles. The number of halogens is 1. The van der Waals surface area contributed by atoms with Crippen LogP contribution in [0.4, 0.5) is 0 Å². The van der Waals surface area contributed by atoms with E-state index >= 15 is 0 Å². The van der Waals surface area contributed by atoms with Gasteiger partial charge in [0, 0.05) is 34.8 Å². The number of hydrogen-bond donors (Lipinski definition) is 2. The molecule has 0 spiro atoms. The van der Waals surface area contributed by atoms with Crippen LogP contribution in [0.1, 0.15) is 29.9 Å². The third-order valence-electron chi connectivity index (χ3n) is 7.87. The SMILES string of the molecule is O=C1C=C(Br)C(=O)C2=C1C(c1ccc(OCc3ccccc3)cc1O)C1=CCC3C(=O)N(O)C(=O)C3C1C2. The quantitative estimate of drug-likeness (QED) is 0.243. The predicted octanol–water partition coefficient (Wildman–Crippen LogP) is 4.12. The van der Waals surface area contributed by atoms with Crippen LogP contribution < -0.4 is 4.74 Å². The van der Waals surface area contributed by atoms with Gasteiger partial charge in [-0.3, -0.25) is 24.4 Å². The summed E-state index contributed by atoms with van der Waals surface area (Å²) in [5.41, 5.74) is 2.54. The molecule has 0 bridgehead atoms. The van der Waals surface area contributed by atoms with Crippen molar-refractivity contribution in [3.63, 3.8) is 0 Å². The highest BCUT2D eigenvalue weighted by Crippen LogP contribution is 2.56. The normalized spacial score (nSPS) is 26.5. The number of phenolic OH excluding ortho intramolecular Hbond substituents is 1. The Hall–Kier alpha value is -3.82. The molecule has 1 heterocycles. The summed E-state index contributed by atoms with van der Waals surface area (Å²) >= 11 is 3.17. The fraction of sp³-hybridized carbons (Fsp3) is 0.241. The largest absolute Gasteiger partial charge is 0.507 e. The van der Waals surface area contributed by atoms with E-state index in [1.807, 2.05) is 36.4 Å². The molecule has 4 unspecified atom stereocenters. The Morgan fingerprint density at radius 2 is 1.76 bits per heavy atom. The Labute approximate surface area is 226 Å². The molecule has 8 nitrogen and oxygen atoms in total. The number of aromatic hydroxyl groups is 1. The maximum atomic E-state index is 13.3. The van der Waals surface area contributed by atoms with Crippen molar-refractivity contribution >= 4 is 39.3 Å². The standard InChI is InChI=1S/C29H22BrNO7/c30-21-12-23(33)26-20(27(21)34)11-19-16(8-9-18-25(19)29(36)31(37)28(18)35)24(26)17-7-6-15(10-22(17)32)38-13-14-4-2-1-3-5-14/h1-8,10,12,18-19,24-25,32,37H,9,11,13H2. The van der Waals surface area contributed by atoms with Crippen LogP contribution in [0, 0.1) is 17.8 Å². The molecule has 1 saturated heterocycles. The van der Waals surface area contributed by atoms with Crippen LogP contribution in [0.15, 0.2) is 81.9 Å². The number of amides is 2. The first kappa shape index (κ1) is 24.5. The second-order valence-corrected chi connectivity index (χ2v) is 10.7. The Morgan fingerprint density at radius 3 is 2.50 bits per heavy atom. The second kappa shape index (κ2) is 9.18. The zero-order valence-electron chi connectivity index (χ0n) is 20.0. The van der Waals surface area contributed by atoms with Crippen molar-refractivity contribution in [2.24, 2.45) is 17.8 Å². The fourth-order valence-corrected chi connectivity index (χ4v) is 6.59. The minimum Gasteiger partial charge on any atom is -0.507 e. The first-order chi connectivity index (χ1) is 18.3. The summed E-state index contributed by atoms with van der Waals surface area (Å²) in [6.07, 6.45) is 3.33. The summed E-state index contributed by atoms with van der Waals surface area (Å²) in [4.78, 5) is 51.8. The molecule has 38 heavy (non-hydrogen) atoms. The van der Waals surface area contributed by atoms with Crippen molar-refractivity contribution in [2.45, 2.75) is 25.4 Å². The molecule has 0 saturated carbocycles. The van der Waals surface area contributed by atoms with E-state index in [0.717, 1.165) is 5.56 Å².